The number of hydrogen-bond donors (Lipinski definition) is 1. The standard InChI is InChI=1S/C27H35FN2O3Si/c1-19-24(33-25(16-17-31)27(19)34(2,3)28)14-12-20-8-7-11-22(18-20)30-26(32)15-13-23(29-30)21-9-5-4-6-10-21/h4-11,18-19,24-25,27,31H,12-17H2,1-3H3/t19-,24+,25-,27+/m0/s1. The van der Waals surface area contributed by atoms with Crippen LogP contribution in [-0.4, -0.2) is 43.9 Å². The SMILES string of the molecule is C[C@@H]1[C@@H]([Si](C)(C)F)[C@H](CCO)O[C@@H]1CCc1cccc(N2N=C(c3ccccc3)CCC2=O)c1. The van der Waals surface area contributed by atoms with Crippen LogP contribution in [0.25, 0.3) is 0 Å². The number of aryl methyl sites for hydroxylation is 1. The van der Waals surface area contributed by atoms with Gasteiger partial charge >= 0.3 is 0 Å². The van der Waals surface area contributed by atoms with Gasteiger partial charge < -0.3 is 14.0 Å². The maximum atomic E-state index is 15.0. The highest BCUT2D eigenvalue weighted by Gasteiger charge is 2.50. The fourth-order valence-electron chi connectivity index (χ4n) is 5.52. The van der Waals surface area contributed by atoms with Crippen molar-refractivity contribution in [3.05, 3.63) is 65.7 Å². The van der Waals surface area contributed by atoms with Gasteiger partial charge in [0.05, 0.1) is 23.6 Å². The number of halogens is 1. The van der Waals surface area contributed by atoms with Gasteiger partial charge in [-0.15, -0.1) is 0 Å². The molecule has 0 aliphatic carbocycles. The lowest BCUT2D eigenvalue weighted by Crippen LogP contribution is -2.36. The summed E-state index contributed by atoms with van der Waals surface area (Å²) in [6, 6.07) is 17.9. The summed E-state index contributed by atoms with van der Waals surface area (Å²) in [6.07, 6.45) is 2.86. The van der Waals surface area contributed by atoms with Crippen LogP contribution < -0.4 is 5.01 Å². The van der Waals surface area contributed by atoms with Crippen molar-refractivity contribution >= 4 is 25.7 Å². The van der Waals surface area contributed by atoms with Crippen LogP contribution in [0.1, 0.15) is 43.7 Å². The third-order valence-electron chi connectivity index (χ3n) is 7.12. The van der Waals surface area contributed by atoms with Crippen molar-refractivity contribution in [3.63, 3.8) is 0 Å². The fraction of sp³-hybridized carbons (Fsp3) is 0.481. The number of nitrogens with zero attached hydrogens (tertiary/aromatic N) is 2. The molecular weight excluding hydrogens is 447 g/mol. The molecule has 1 amide bonds. The Morgan fingerprint density at radius 1 is 1.09 bits per heavy atom. The van der Waals surface area contributed by atoms with Crippen molar-refractivity contribution in [2.45, 2.75) is 69.9 Å². The van der Waals surface area contributed by atoms with Gasteiger partial charge in [0.15, 0.2) is 0 Å². The Bertz CT molecular complexity index is 1020. The second-order valence-electron chi connectivity index (χ2n) is 10.0. The Morgan fingerprint density at radius 2 is 1.85 bits per heavy atom. The minimum absolute atomic E-state index is 0.00518. The lowest BCUT2D eigenvalue weighted by Gasteiger charge is -2.28. The lowest BCUT2D eigenvalue weighted by molar-refractivity contribution is -0.118. The summed E-state index contributed by atoms with van der Waals surface area (Å²) in [6.45, 7) is 5.59. The van der Waals surface area contributed by atoms with Crippen molar-refractivity contribution in [2.75, 3.05) is 11.6 Å². The molecule has 0 unspecified atom stereocenters. The third kappa shape index (κ3) is 5.48. The minimum atomic E-state index is -2.91. The Hall–Kier alpha value is -2.35. The number of benzene rings is 2. The van der Waals surface area contributed by atoms with Crippen LogP contribution in [0.4, 0.5) is 9.80 Å². The first-order chi connectivity index (χ1) is 16.3. The molecule has 5 nitrogen and oxygen atoms in total. The molecular formula is C27H35FN2O3Si. The minimum Gasteiger partial charge on any atom is -0.396 e. The zero-order valence-electron chi connectivity index (χ0n) is 20.3. The van der Waals surface area contributed by atoms with Gasteiger partial charge in [-0.25, -0.2) is 5.01 Å². The molecule has 2 heterocycles. The number of amides is 1. The Morgan fingerprint density at radius 3 is 2.56 bits per heavy atom. The Kier molecular flexibility index (Phi) is 7.65. The molecule has 34 heavy (non-hydrogen) atoms. The highest BCUT2D eigenvalue weighted by Crippen LogP contribution is 2.46. The molecule has 4 rings (SSSR count). The Balaban J connectivity index is 1.47. The highest BCUT2D eigenvalue weighted by molar-refractivity contribution is 6.72. The van der Waals surface area contributed by atoms with Crippen LogP contribution in [0.15, 0.2) is 59.7 Å². The van der Waals surface area contributed by atoms with Gasteiger partial charge in [0.2, 0.25) is 14.3 Å². The molecule has 1 N–H and O–H groups in total. The van der Waals surface area contributed by atoms with E-state index < -0.39 is 8.41 Å². The van der Waals surface area contributed by atoms with Crippen LogP contribution >= 0.6 is 0 Å². The molecule has 0 aromatic heterocycles. The highest BCUT2D eigenvalue weighted by atomic mass is 28.4. The smallest absolute Gasteiger partial charge is 0.247 e. The van der Waals surface area contributed by atoms with Crippen LogP contribution in [0, 0.1) is 5.92 Å². The molecule has 2 aliphatic heterocycles. The van der Waals surface area contributed by atoms with E-state index in [1.54, 1.807) is 13.1 Å². The molecule has 4 atom stereocenters. The first-order valence-corrected chi connectivity index (χ1v) is 15.2. The van der Waals surface area contributed by atoms with Gasteiger partial charge in [0.1, 0.15) is 0 Å². The maximum Gasteiger partial charge on any atom is 0.247 e. The van der Waals surface area contributed by atoms with Gasteiger partial charge in [-0.05, 0) is 61.5 Å². The zero-order valence-corrected chi connectivity index (χ0v) is 21.3. The van der Waals surface area contributed by atoms with Crippen LogP contribution in [0.3, 0.4) is 0 Å². The number of ether oxygens (including phenoxy) is 1. The molecule has 1 fully saturated rings. The predicted octanol–water partition coefficient (Wildman–Crippen LogP) is 5.48. The maximum absolute atomic E-state index is 15.0. The quantitative estimate of drug-likeness (QED) is 0.400. The predicted molar refractivity (Wildman–Crippen MR) is 136 cm³/mol. The van der Waals surface area contributed by atoms with E-state index in [1.165, 1.54) is 5.01 Å². The van der Waals surface area contributed by atoms with Crippen molar-refractivity contribution in [1.82, 2.24) is 0 Å². The first-order valence-electron chi connectivity index (χ1n) is 12.3. The van der Waals surface area contributed by atoms with Gasteiger partial charge in [0, 0.05) is 25.0 Å². The van der Waals surface area contributed by atoms with Gasteiger partial charge in [-0.2, -0.15) is 5.10 Å². The molecule has 7 heteroatoms. The summed E-state index contributed by atoms with van der Waals surface area (Å²) in [5, 5.41) is 15.6. The topological polar surface area (TPSA) is 62.1 Å². The summed E-state index contributed by atoms with van der Waals surface area (Å²) in [5.41, 5.74) is 3.71. The number of hydrogen-bond acceptors (Lipinski definition) is 4. The zero-order chi connectivity index (χ0) is 24.3. The number of aliphatic hydroxyl groups is 1. The van der Waals surface area contributed by atoms with E-state index in [2.05, 4.69) is 18.1 Å². The monoisotopic (exact) mass is 482 g/mol. The van der Waals surface area contributed by atoms with E-state index in [4.69, 9.17) is 4.74 Å². The van der Waals surface area contributed by atoms with Gasteiger partial charge in [0.25, 0.3) is 0 Å². The molecule has 0 saturated carbocycles. The number of aliphatic hydroxyl groups excluding tert-OH is 1. The lowest BCUT2D eigenvalue weighted by atomic mass is 9.95. The van der Waals surface area contributed by atoms with Crippen molar-refractivity contribution in [2.24, 2.45) is 11.0 Å². The number of anilines is 1. The van der Waals surface area contributed by atoms with E-state index in [0.717, 1.165) is 35.4 Å². The first kappa shape index (κ1) is 24.8. The largest absolute Gasteiger partial charge is 0.396 e. The van der Waals surface area contributed by atoms with Crippen LogP contribution in [-0.2, 0) is 16.0 Å². The number of carbonyl (C=O) groups is 1. The summed E-state index contributed by atoms with van der Waals surface area (Å²) < 4.78 is 21.3. The number of hydrazone groups is 1. The molecule has 2 aromatic rings. The van der Waals surface area contributed by atoms with E-state index in [1.807, 2.05) is 48.5 Å². The summed E-state index contributed by atoms with van der Waals surface area (Å²) >= 11 is 0. The average Bonchev–Trinajstić information content (AvgIpc) is 3.14. The van der Waals surface area contributed by atoms with Gasteiger partial charge in [-0.1, -0.05) is 49.4 Å². The van der Waals surface area contributed by atoms with Gasteiger partial charge in [-0.3, -0.25) is 4.79 Å². The van der Waals surface area contributed by atoms with E-state index in [-0.39, 0.29) is 36.2 Å². The Labute approximate surface area is 202 Å². The number of rotatable bonds is 8. The molecule has 1 saturated heterocycles. The normalized spacial score (nSPS) is 25.5. The summed E-state index contributed by atoms with van der Waals surface area (Å²) in [4.78, 5) is 12.7. The molecule has 0 radical (unpaired) electrons. The van der Waals surface area contributed by atoms with E-state index in [0.29, 0.717) is 19.3 Å². The summed E-state index contributed by atoms with van der Waals surface area (Å²) in [5.74, 6) is 0.113. The van der Waals surface area contributed by atoms with Crippen molar-refractivity contribution in [3.8, 4) is 0 Å². The second kappa shape index (κ2) is 10.5. The van der Waals surface area contributed by atoms with Crippen LogP contribution in [0.5, 0.6) is 0 Å². The molecule has 0 bridgehead atoms. The molecule has 2 aromatic carbocycles. The van der Waals surface area contributed by atoms with E-state index >= 15 is 4.11 Å². The molecule has 182 valence electrons. The third-order valence-corrected chi connectivity index (χ3v) is 9.60. The fourth-order valence-corrected chi connectivity index (χ4v) is 8.11. The van der Waals surface area contributed by atoms with Crippen LogP contribution in [0.2, 0.25) is 18.6 Å². The van der Waals surface area contributed by atoms with E-state index in [9.17, 15) is 9.90 Å². The average molecular weight is 483 g/mol. The molecule has 2 aliphatic rings. The van der Waals surface area contributed by atoms with Crippen molar-refractivity contribution < 1.29 is 18.7 Å². The number of carbonyl (C=O) groups excluding carboxylic acids is 1. The second-order valence-corrected chi connectivity index (χ2v) is 13.8. The summed E-state index contributed by atoms with van der Waals surface area (Å²) in [7, 11) is -2.91. The molecule has 0 spiro atoms. The van der Waals surface area contributed by atoms with Crippen molar-refractivity contribution in [1.29, 1.82) is 0 Å².